The van der Waals surface area contributed by atoms with E-state index in [0.29, 0.717) is 12.3 Å². The third-order valence-corrected chi connectivity index (χ3v) is 4.71. The van der Waals surface area contributed by atoms with E-state index >= 15 is 0 Å². The first kappa shape index (κ1) is 18.4. The summed E-state index contributed by atoms with van der Waals surface area (Å²) in [4.78, 5) is 11.8. The molecule has 1 aliphatic rings. The van der Waals surface area contributed by atoms with Crippen molar-refractivity contribution in [1.29, 1.82) is 0 Å². The van der Waals surface area contributed by atoms with Crippen molar-refractivity contribution >= 4 is 6.03 Å². The van der Waals surface area contributed by atoms with Crippen molar-refractivity contribution in [1.82, 2.24) is 10.6 Å². The SMILES string of the molecule is COc1ccc(CCNC(=O)NCCC2CCCCC2)cc1OC. The summed E-state index contributed by atoms with van der Waals surface area (Å²) in [5.74, 6) is 2.23. The Morgan fingerprint density at radius 1 is 1.04 bits per heavy atom. The first-order chi connectivity index (χ1) is 11.7. The average molecular weight is 334 g/mol. The first-order valence-electron chi connectivity index (χ1n) is 8.95. The zero-order valence-corrected chi connectivity index (χ0v) is 14.9. The van der Waals surface area contributed by atoms with Gasteiger partial charge in [-0.1, -0.05) is 38.2 Å². The fraction of sp³-hybridized carbons (Fsp3) is 0.632. The Kier molecular flexibility index (Phi) is 7.72. The molecule has 0 atom stereocenters. The van der Waals surface area contributed by atoms with Gasteiger partial charge in [0.25, 0.3) is 0 Å². The van der Waals surface area contributed by atoms with Crippen molar-refractivity contribution in [2.24, 2.45) is 5.92 Å². The third-order valence-electron chi connectivity index (χ3n) is 4.71. The van der Waals surface area contributed by atoms with E-state index in [1.54, 1.807) is 14.2 Å². The number of rotatable bonds is 8. The maximum Gasteiger partial charge on any atom is 0.314 e. The van der Waals surface area contributed by atoms with E-state index in [9.17, 15) is 4.79 Å². The highest BCUT2D eigenvalue weighted by Gasteiger charge is 2.13. The Bertz CT molecular complexity index is 513. The molecule has 5 nitrogen and oxygen atoms in total. The molecule has 0 unspecified atom stereocenters. The number of hydrogen-bond acceptors (Lipinski definition) is 3. The standard InChI is InChI=1S/C19H30N2O3/c1-23-17-9-8-16(14-18(17)24-2)11-13-21-19(22)20-12-10-15-6-4-3-5-7-15/h8-9,14-15H,3-7,10-13H2,1-2H3,(H2,20,21,22). The molecule has 134 valence electrons. The topological polar surface area (TPSA) is 59.6 Å². The molecule has 5 heteroatoms. The molecule has 0 spiro atoms. The Balaban J connectivity index is 1.63. The second kappa shape index (κ2) is 10.1. The molecule has 1 aliphatic carbocycles. The lowest BCUT2D eigenvalue weighted by Gasteiger charge is -2.21. The molecule has 0 saturated heterocycles. The van der Waals surface area contributed by atoms with Gasteiger partial charge in [0.1, 0.15) is 0 Å². The van der Waals surface area contributed by atoms with E-state index < -0.39 is 0 Å². The van der Waals surface area contributed by atoms with E-state index in [2.05, 4.69) is 10.6 Å². The minimum absolute atomic E-state index is 0.0775. The van der Waals surface area contributed by atoms with Crippen LogP contribution < -0.4 is 20.1 Å². The molecule has 0 aliphatic heterocycles. The van der Waals surface area contributed by atoms with Gasteiger partial charge in [-0.3, -0.25) is 0 Å². The summed E-state index contributed by atoms with van der Waals surface area (Å²) in [7, 11) is 3.25. The monoisotopic (exact) mass is 334 g/mol. The quantitative estimate of drug-likeness (QED) is 0.765. The van der Waals surface area contributed by atoms with E-state index in [1.807, 2.05) is 18.2 Å². The lowest BCUT2D eigenvalue weighted by atomic mass is 9.87. The molecule has 0 radical (unpaired) electrons. The number of methoxy groups -OCH3 is 2. The van der Waals surface area contributed by atoms with Gasteiger partial charge in [-0.05, 0) is 36.5 Å². The highest BCUT2D eigenvalue weighted by Crippen LogP contribution is 2.27. The number of urea groups is 1. The van der Waals surface area contributed by atoms with Crippen LogP contribution in [0.3, 0.4) is 0 Å². The number of carbonyl (C=O) groups is 1. The van der Waals surface area contributed by atoms with Gasteiger partial charge in [-0.2, -0.15) is 0 Å². The molecule has 0 heterocycles. The van der Waals surface area contributed by atoms with Crippen LogP contribution in [0.1, 0.15) is 44.1 Å². The summed E-state index contributed by atoms with van der Waals surface area (Å²) in [5.41, 5.74) is 1.11. The minimum atomic E-state index is -0.0775. The maximum absolute atomic E-state index is 11.8. The minimum Gasteiger partial charge on any atom is -0.493 e. The largest absolute Gasteiger partial charge is 0.493 e. The number of nitrogens with one attached hydrogen (secondary N) is 2. The Labute approximate surface area is 145 Å². The lowest BCUT2D eigenvalue weighted by Crippen LogP contribution is -2.37. The van der Waals surface area contributed by atoms with Crippen LogP contribution in [0.2, 0.25) is 0 Å². The summed E-state index contributed by atoms with van der Waals surface area (Å²) in [5, 5.41) is 5.88. The van der Waals surface area contributed by atoms with E-state index in [-0.39, 0.29) is 6.03 Å². The van der Waals surface area contributed by atoms with Crippen LogP contribution in [0.4, 0.5) is 4.79 Å². The lowest BCUT2D eigenvalue weighted by molar-refractivity contribution is 0.239. The Morgan fingerprint density at radius 2 is 1.75 bits per heavy atom. The summed E-state index contributed by atoms with van der Waals surface area (Å²) >= 11 is 0. The third kappa shape index (κ3) is 5.95. The zero-order valence-electron chi connectivity index (χ0n) is 14.9. The second-order valence-corrected chi connectivity index (χ2v) is 6.41. The first-order valence-corrected chi connectivity index (χ1v) is 8.95. The number of hydrogen-bond donors (Lipinski definition) is 2. The van der Waals surface area contributed by atoms with Gasteiger partial charge in [0.2, 0.25) is 0 Å². The van der Waals surface area contributed by atoms with Gasteiger partial charge in [0, 0.05) is 13.1 Å². The van der Waals surface area contributed by atoms with Crippen molar-refractivity contribution in [3.8, 4) is 11.5 Å². The van der Waals surface area contributed by atoms with Gasteiger partial charge in [0.05, 0.1) is 14.2 Å². The molecule has 1 fully saturated rings. The normalized spacial score (nSPS) is 14.9. The van der Waals surface area contributed by atoms with Crippen LogP contribution in [-0.4, -0.2) is 33.3 Å². The Hall–Kier alpha value is -1.91. The zero-order chi connectivity index (χ0) is 17.2. The number of benzene rings is 1. The van der Waals surface area contributed by atoms with Crippen LogP contribution >= 0.6 is 0 Å². The van der Waals surface area contributed by atoms with Crippen molar-refractivity contribution in [2.45, 2.75) is 44.9 Å². The van der Waals surface area contributed by atoms with Crippen LogP contribution in [0.15, 0.2) is 18.2 Å². The molecule has 0 aromatic heterocycles. The molecule has 1 aromatic rings. The smallest absolute Gasteiger partial charge is 0.314 e. The van der Waals surface area contributed by atoms with E-state index in [1.165, 1.54) is 32.1 Å². The molecule has 2 rings (SSSR count). The predicted octanol–water partition coefficient (Wildman–Crippen LogP) is 3.52. The van der Waals surface area contributed by atoms with Crippen molar-refractivity contribution < 1.29 is 14.3 Å². The molecule has 2 amide bonds. The van der Waals surface area contributed by atoms with Gasteiger partial charge >= 0.3 is 6.03 Å². The molecule has 0 bridgehead atoms. The molecule has 24 heavy (non-hydrogen) atoms. The number of amides is 2. The molecule has 1 aromatic carbocycles. The van der Waals surface area contributed by atoms with Crippen LogP contribution in [0.25, 0.3) is 0 Å². The summed E-state index contributed by atoms with van der Waals surface area (Å²) in [6, 6.07) is 5.75. The van der Waals surface area contributed by atoms with Crippen LogP contribution in [-0.2, 0) is 6.42 Å². The van der Waals surface area contributed by atoms with Crippen molar-refractivity contribution in [3.05, 3.63) is 23.8 Å². The van der Waals surface area contributed by atoms with Crippen LogP contribution in [0, 0.1) is 5.92 Å². The van der Waals surface area contributed by atoms with Gasteiger partial charge in [0.15, 0.2) is 11.5 Å². The molecule has 2 N–H and O–H groups in total. The average Bonchev–Trinajstić information content (AvgIpc) is 2.62. The maximum atomic E-state index is 11.8. The number of ether oxygens (including phenoxy) is 2. The summed E-state index contributed by atoms with van der Waals surface area (Å²) in [6.45, 7) is 1.37. The molecule has 1 saturated carbocycles. The Morgan fingerprint density at radius 3 is 2.46 bits per heavy atom. The van der Waals surface area contributed by atoms with Gasteiger partial charge < -0.3 is 20.1 Å². The fourth-order valence-electron chi connectivity index (χ4n) is 3.28. The predicted molar refractivity (Wildman–Crippen MR) is 95.8 cm³/mol. The van der Waals surface area contributed by atoms with E-state index in [0.717, 1.165) is 36.6 Å². The fourth-order valence-corrected chi connectivity index (χ4v) is 3.28. The number of carbonyl (C=O) groups excluding carboxylic acids is 1. The summed E-state index contributed by atoms with van der Waals surface area (Å²) < 4.78 is 10.5. The van der Waals surface area contributed by atoms with Crippen molar-refractivity contribution in [3.63, 3.8) is 0 Å². The highest BCUT2D eigenvalue weighted by molar-refractivity contribution is 5.73. The highest BCUT2D eigenvalue weighted by atomic mass is 16.5. The van der Waals surface area contributed by atoms with Gasteiger partial charge in [-0.25, -0.2) is 4.79 Å². The second-order valence-electron chi connectivity index (χ2n) is 6.41. The summed E-state index contributed by atoms with van der Waals surface area (Å²) in [6.07, 6.45) is 8.58. The van der Waals surface area contributed by atoms with Crippen molar-refractivity contribution in [2.75, 3.05) is 27.3 Å². The van der Waals surface area contributed by atoms with Crippen LogP contribution in [0.5, 0.6) is 11.5 Å². The molecular formula is C19H30N2O3. The van der Waals surface area contributed by atoms with E-state index in [4.69, 9.17) is 9.47 Å². The van der Waals surface area contributed by atoms with Gasteiger partial charge in [-0.15, -0.1) is 0 Å². The molecular weight excluding hydrogens is 304 g/mol.